The molecule has 6 nitrogen and oxygen atoms in total. The average molecular weight is 464 g/mol. The fourth-order valence-electron chi connectivity index (χ4n) is 3.88. The molecule has 0 saturated carbocycles. The molecule has 0 unspecified atom stereocenters. The maximum atomic E-state index is 13.4. The van der Waals surface area contributed by atoms with E-state index < -0.39 is 0 Å². The summed E-state index contributed by atoms with van der Waals surface area (Å²) in [4.78, 5) is 28.9. The molecule has 0 fully saturated rings. The van der Waals surface area contributed by atoms with Crippen LogP contribution in [0.3, 0.4) is 0 Å². The number of methoxy groups -OCH3 is 3. The maximum Gasteiger partial charge on any atom is 0.228 e. The van der Waals surface area contributed by atoms with Crippen LogP contribution in [-0.4, -0.2) is 39.6 Å². The summed E-state index contributed by atoms with van der Waals surface area (Å²) in [6.45, 7) is -0.0115. The van der Waals surface area contributed by atoms with Crippen LogP contribution >= 0.6 is 11.8 Å². The number of amides is 1. The fourth-order valence-corrected chi connectivity index (χ4v) is 5.14. The molecule has 3 aromatic carbocycles. The van der Waals surface area contributed by atoms with Crippen molar-refractivity contribution in [2.45, 2.75) is 16.6 Å². The first kappa shape index (κ1) is 22.7. The number of Topliss-reactive ketones (excluding diaryl/α,β-unsaturated/α-hetero) is 1. The van der Waals surface area contributed by atoms with E-state index in [4.69, 9.17) is 14.2 Å². The number of ether oxygens (including phenoxy) is 3. The van der Waals surface area contributed by atoms with Gasteiger partial charge < -0.3 is 19.1 Å². The van der Waals surface area contributed by atoms with Crippen LogP contribution in [0.2, 0.25) is 0 Å². The highest BCUT2D eigenvalue weighted by Gasteiger charge is 2.31. The van der Waals surface area contributed by atoms with E-state index in [2.05, 4.69) is 0 Å². The number of thioether (sulfide) groups is 1. The van der Waals surface area contributed by atoms with Gasteiger partial charge >= 0.3 is 0 Å². The minimum absolute atomic E-state index is 0.0115. The molecule has 0 aliphatic carbocycles. The Morgan fingerprint density at radius 1 is 0.939 bits per heavy atom. The smallest absolute Gasteiger partial charge is 0.228 e. The van der Waals surface area contributed by atoms with Crippen LogP contribution in [0.1, 0.15) is 27.6 Å². The van der Waals surface area contributed by atoms with Gasteiger partial charge in [-0.1, -0.05) is 42.5 Å². The van der Waals surface area contributed by atoms with Crippen LogP contribution in [-0.2, 0) is 4.79 Å². The number of carbonyl (C=O) groups excluding carboxylic acids is 2. The van der Waals surface area contributed by atoms with E-state index in [1.165, 1.54) is 0 Å². The molecule has 0 bridgehead atoms. The van der Waals surface area contributed by atoms with Gasteiger partial charge in [-0.2, -0.15) is 0 Å². The van der Waals surface area contributed by atoms with Crippen molar-refractivity contribution in [2.24, 2.45) is 0 Å². The zero-order valence-electron chi connectivity index (χ0n) is 18.7. The SMILES string of the molecule is COc1cc([C@H]2CC(=O)N(CC(=O)c3ccccc3)c3ccccc3S2)cc(OC)c1OC. The van der Waals surface area contributed by atoms with Gasteiger partial charge in [-0.15, -0.1) is 11.8 Å². The molecule has 33 heavy (non-hydrogen) atoms. The minimum Gasteiger partial charge on any atom is -0.493 e. The highest BCUT2D eigenvalue weighted by molar-refractivity contribution is 7.99. The molecule has 0 N–H and O–H groups in total. The number of hydrogen-bond donors (Lipinski definition) is 0. The van der Waals surface area contributed by atoms with Crippen LogP contribution in [0.15, 0.2) is 71.6 Å². The summed E-state index contributed by atoms with van der Waals surface area (Å²) in [6.07, 6.45) is 0.222. The van der Waals surface area contributed by atoms with Crippen LogP contribution in [0.25, 0.3) is 0 Å². The molecule has 7 heteroatoms. The highest BCUT2D eigenvalue weighted by atomic mass is 32.2. The number of hydrogen-bond acceptors (Lipinski definition) is 6. The molecular weight excluding hydrogens is 438 g/mol. The Hall–Kier alpha value is -3.45. The van der Waals surface area contributed by atoms with E-state index in [0.29, 0.717) is 22.8 Å². The Bertz CT molecular complexity index is 1140. The van der Waals surface area contributed by atoms with Crippen molar-refractivity contribution >= 4 is 29.1 Å². The van der Waals surface area contributed by atoms with Crippen molar-refractivity contribution in [3.63, 3.8) is 0 Å². The monoisotopic (exact) mass is 463 g/mol. The molecule has 1 aliphatic rings. The van der Waals surface area contributed by atoms with Crippen molar-refractivity contribution in [3.8, 4) is 17.2 Å². The summed E-state index contributed by atoms with van der Waals surface area (Å²) >= 11 is 1.59. The molecule has 3 aromatic rings. The average Bonchev–Trinajstić information content (AvgIpc) is 2.99. The van der Waals surface area contributed by atoms with E-state index >= 15 is 0 Å². The van der Waals surface area contributed by atoms with Crippen molar-refractivity contribution in [1.29, 1.82) is 0 Å². The third kappa shape index (κ3) is 4.68. The molecule has 0 radical (unpaired) electrons. The lowest BCUT2D eigenvalue weighted by Crippen LogP contribution is -2.35. The summed E-state index contributed by atoms with van der Waals surface area (Å²) < 4.78 is 16.4. The second-order valence-electron chi connectivity index (χ2n) is 7.51. The van der Waals surface area contributed by atoms with Crippen molar-refractivity contribution < 1.29 is 23.8 Å². The van der Waals surface area contributed by atoms with Gasteiger partial charge in [0.15, 0.2) is 17.3 Å². The minimum atomic E-state index is -0.191. The first-order valence-electron chi connectivity index (χ1n) is 10.5. The number of rotatable bonds is 7. The second-order valence-corrected chi connectivity index (χ2v) is 8.75. The molecule has 0 spiro atoms. The molecule has 1 atom stereocenters. The Labute approximate surface area is 197 Å². The Morgan fingerprint density at radius 2 is 1.58 bits per heavy atom. The normalized spacial score (nSPS) is 15.4. The fraction of sp³-hybridized carbons (Fsp3) is 0.231. The Morgan fingerprint density at radius 3 is 2.21 bits per heavy atom. The topological polar surface area (TPSA) is 65.1 Å². The van der Waals surface area contributed by atoms with E-state index in [1.54, 1.807) is 50.1 Å². The summed E-state index contributed by atoms with van der Waals surface area (Å²) in [6, 6.07) is 20.5. The van der Waals surface area contributed by atoms with Gasteiger partial charge in [0.25, 0.3) is 0 Å². The molecule has 0 saturated heterocycles. The summed E-state index contributed by atoms with van der Waals surface area (Å²) in [5, 5.41) is -0.191. The largest absolute Gasteiger partial charge is 0.493 e. The lowest BCUT2D eigenvalue weighted by molar-refractivity contribution is -0.118. The number of para-hydroxylation sites is 1. The quantitative estimate of drug-likeness (QED) is 0.451. The van der Waals surface area contributed by atoms with Crippen LogP contribution in [0, 0.1) is 0 Å². The van der Waals surface area contributed by atoms with E-state index in [0.717, 1.165) is 16.1 Å². The van der Waals surface area contributed by atoms with Crippen molar-refractivity contribution in [2.75, 3.05) is 32.8 Å². The lowest BCUT2D eigenvalue weighted by atomic mass is 10.1. The number of ketones is 1. The number of fused-ring (bicyclic) bond motifs is 1. The van der Waals surface area contributed by atoms with E-state index in [9.17, 15) is 9.59 Å². The third-order valence-electron chi connectivity index (χ3n) is 5.54. The molecule has 0 aromatic heterocycles. The lowest BCUT2D eigenvalue weighted by Gasteiger charge is -2.22. The molecule has 1 aliphatic heterocycles. The van der Waals surface area contributed by atoms with Gasteiger partial charge in [0.2, 0.25) is 11.7 Å². The molecule has 1 amide bonds. The van der Waals surface area contributed by atoms with E-state index in [1.807, 2.05) is 54.6 Å². The maximum absolute atomic E-state index is 13.4. The Kier molecular flexibility index (Phi) is 6.89. The van der Waals surface area contributed by atoms with E-state index in [-0.39, 0.29) is 29.9 Å². The van der Waals surface area contributed by atoms with Crippen LogP contribution in [0.4, 0.5) is 5.69 Å². The van der Waals surface area contributed by atoms with Crippen molar-refractivity contribution in [1.82, 2.24) is 0 Å². The first-order chi connectivity index (χ1) is 16.0. The standard InChI is InChI=1S/C26H25NO5S/c1-30-21-13-18(14-22(31-2)26(21)32-3)24-15-25(29)27(19-11-7-8-12-23(19)33-24)16-20(28)17-9-5-4-6-10-17/h4-14,24H,15-16H2,1-3H3/t24-/m1/s1. The Balaban J connectivity index is 1.70. The second kappa shape index (κ2) is 10.0. The summed E-state index contributed by atoms with van der Waals surface area (Å²) in [5.74, 6) is 1.36. The number of benzene rings is 3. The van der Waals surface area contributed by atoms with Gasteiger partial charge in [0.05, 0.1) is 33.6 Å². The molecular formula is C26H25NO5S. The van der Waals surface area contributed by atoms with Gasteiger partial charge in [-0.05, 0) is 29.8 Å². The molecule has 1 heterocycles. The first-order valence-corrected chi connectivity index (χ1v) is 11.4. The zero-order valence-corrected chi connectivity index (χ0v) is 19.6. The summed E-state index contributed by atoms with van der Waals surface area (Å²) in [5.41, 5.74) is 2.21. The zero-order chi connectivity index (χ0) is 23.4. The number of nitrogens with zero attached hydrogens (tertiary/aromatic N) is 1. The molecule has 170 valence electrons. The number of anilines is 1. The van der Waals surface area contributed by atoms with Crippen LogP contribution in [0.5, 0.6) is 17.2 Å². The highest BCUT2D eigenvalue weighted by Crippen LogP contribution is 2.49. The predicted octanol–water partition coefficient (Wildman–Crippen LogP) is 5.17. The van der Waals surface area contributed by atoms with Gasteiger partial charge in [-0.25, -0.2) is 0 Å². The molecule has 4 rings (SSSR count). The third-order valence-corrected chi connectivity index (χ3v) is 6.87. The summed E-state index contributed by atoms with van der Waals surface area (Å²) in [7, 11) is 4.69. The predicted molar refractivity (Wildman–Crippen MR) is 129 cm³/mol. The van der Waals surface area contributed by atoms with Gasteiger partial charge in [0, 0.05) is 22.1 Å². The van der Waals surface area contributed by atoms with Gasteiger partial charge in [-0.3, -0.25) is 9.59 Å². The number of carbonyl (C=O) groups is 2. The van der Waals surface area contributed by atoms with Gasteiger partial charge in [0.1, 0.15) is 0 Å². The van der Waals surface area contributed by atoms with Crippen LogP contribution < -0.4 is 19.1 Å². The van der Waals surface area contributed by atoms with Crippen molar-refractivity contribution in [3.05, 3.63) is 77.9 Å².